The summed E-state index contributed by atoms with van der Waals surface area (Å²) >= 11 is 0. The van der Waals surface area contributed by atoms with E-state index in [-0.39, 0.29) is 17.9 Å². The van der Waals surface area contributed by atoms with E-state index in [1.165, 1.54) is 0 Å². The van der Waals surface area contributed by atoms with Crippen molar-refractivity contribution in [3.05, 3.63) is 12.2 Å². The van der Waals surface area contributed by atoms with E-state index in [0.717, 1.165) is 32.1 Å². The minimum atomic E-state index is -0.621. The van der Waals surface area contributed by atoms with Crippen LogP contribution in [0.1, 0.15) is 45.4 Å². The number of aliphatic hydroxyl groups excluding tert-OH is 1. The van der Waals surface area contributed by atoms with Gasteiger partial charge in [0.2, 0.25) is 0 Å². The Labute approximate surface area is 133 Å². The Morgan fingerprint density at radius 2 is 2.18 bits per heavy atom. The first-order valence-electron chi connectivity index (χ1n) is 8.41. The molecule has 0 saturated heterocycles. The molecule has 5 nitrogen and oxygen atoms in total. The van der Waals surface area contributed by atoms with Crippen LogP contribution in [-0.2, 0) is 4.84 Å². The van der Waals surface area contributed by atoms with Gasteiger partial charge in [0.05, 0.1) is 5.60 Å². The van der Waals surface area contributed by atoms with E-state index in [0.29, 0.717) is 25.5 Å². The lowest BCUT2D eigenvalue weighted by Crippen LogP contribution is -2.49. The second-order valence-corrected chi connectivity index (χ2v) is 6.91. The van der Waals surface area contributed by atoms with Crippen LogP contribution in [0.15, 0.2) is 17.3 Å². The van der Waals surface area contributed by atoms with Gasteiger partial charge in [-0.25, -0.2) is 0 Å². The Morgan fingerprint density at radius 3 is 2.91 bits per heavy atom. The van der Waals surface area contributed by atoms with Crippen LogP contribution < -0.4 is 5.73 Å². The van der Waals surface area contributed by atoms with Crippen molar-refractivity contribution in [2.24, 2.45) is 28.1 Å². The van der Waals surface area contributed by atoms with Crippen molar-refractivity contribution in [2.75, 3.05) is 19.8 Å². The highest BCUT2D eigenvalue weighted by molar-refractivity contribution is 5.62. The minimum absolute atomic E-state index is 0.121. The van der Waals surface area contributed by atoms with E-state index in [2.05, 4.69) is 18.2 Å². The minimum Gasteiger partial charge on any atom is -0.396 e. The highest BCUT2D eigenvalue weighted by atomic mass is 16.6. The molecule has 0 unspecified atom stereocenters. The molecule has 2 rings (SSSR count). The van der Waals surface area contributed by atoms with Gasteiger partial charge < -0.3 is 20.8 Å². The molecule has 4 N–H and O–H groups in total. The van der Waals surface area contributed by atoms with Crippen molar-refractivity contribution in [3.63, 3.8) is 0 Å². The average Bonchev–Trinajstić information content (AvgIpc) is 2.76. The van der Waals surface area contributed by atoms with Gasteiger partial charge >= 0.3 is 0 Å². The van der Waals surface area contributed by atoms with Crippen molar-refractivity contribution in [1.82, 2.24) is 0 Å². The third-order valence-electron chi connectivity index (χ3n) is 5.61. The maximum Gasteiger partial charge on any atom is 0.129 e. The summed E-state index contributed by atoms with van der Waals surface area (Å²) in [5.74, 6) is 0.673. The second-order valence-electron chi connectivity index (χ2n) is 6.91. The van der Waals surface area contributed by atoms with Gasteiger partial charge in [-0.2, -0.15) is 0 Å². The molecule has 126 valence electrons. The standard InChI is InChI=1S/C17H30N2O3/c1-16-7-5-14(4-2-3-10-20)12-17(16,21)8-6-15(16)13-19-22-11-9-18/h2,4,13-15,20-21H,3,5-12,18H2,1H3/b4-2+,19-13+/t14-,15+,16+,17-/m0/s1. The predicted molar refractivity (Wildman–Crippen MR) is 87.5 cm³/mol. The van der Waals surface area contributed by atoms with Gasteiger partial charge in [-0.1, -0.05) is 24.2 Å². The quantitative estimate of drug-likeness (QED) is 0.290. The van der Waals surface area contributed by atoms with E-state index in [1.54, 1.807) is 0 Å². The molecule has 4 atom stereocenters. The normalized spacial score (nSPS) is 38.7. The summed E-state index contributed by atoms with van der Waals surface area (Å²) in [4.78, 5) is 5.12. The SMILES string of the molecule is C[C@]12CC[C@H](/C=C/CCO)C[C@@]1(O)CC[C@@H]2/C=N/OCCN. The number of allylic oxidation sites excluding steroid dienone is 1. The van der Waals surface area contributed by atoms with Crippen molar-refractivity contribution < 1.29 is 15.1 Å². The van der Waals surface area contributed by atoms with E-state index in [9.17, 15) is 5.11 Å². The largest absolute Gasteiger partial charge is 0.396 e. The lowest BCUT2D eigenvalue weighted by atomic mass is 9.60. The number of fused-ring (bicyclic) bond motifs is 1. The van der Waals surface area contributed by atoms with Crippen LogP contribution in [0.2, 0.25) is 0 Å². The van der Waals surface area contributed by atoms with Crippen LogP contribution in [0.25, 0.3) is 0 Å². The Bertz CT molecular complexity index is 413. The summed E-state index contributed by atoms with van der Waals surface area (Å²) in [7, 11) is 0. The predicted octanol–water partition coefficient (Wildman–Crippen LogP) is 1.83. The lowest BCUT2D eigenvalue weighted by molar-refractivity contribution is -0.1000. The molecule has 0 aromatic heterocycles. The third-order valence-corrected chi connectivity index (χ3v) is 5.61. The molecule has 2 aliphatic rings. The molecular formula is C17H30N2O3. The van der Waals surface area contributed by atoms with Crippen LogP contribution >= 0.6 is 0 Å². The van der Waals surface area contributed by atoms with Gasteiger partial charge in [-0.3, -0.25) is 0 Å². The summed E-state index contributed by atoms with van der Waals surface area (Å²) in [5, 5.41) is 24.1. The topological polar surface area (TPSA) is 88.1 Å². The van der Waals surface area contributed by atoms with Crippen LogP contribution in [-0.4, -0.2) is 41.8 Å². The first-order chi connectivity index (χ1) is 10.6. The van der Waals surface area contributed by atoms with Crippen molar-refractivity contribution in [3.8, 4) is 0 Å². The number of nitrogens with two attached hydrogens (primary N) is 1. The molecule has 2 fully saturated rings. The van der Waals surface area contributed by atoms with Crippen LogP contribution in [0, 0.1) is 17.3 Å². The van der Waals surface area contributed by atoms with Gasteiger partial charge in [0.15, 0.2) is 0 Å². The zero-order valence-electron chi connectivity index (χ0n) is 13.6. The summed E-state index contributed by atoms with van der Waals surface area (Å²) < 4.78 is 0. The molecule has 2 aliphatic carbocycles. The maximum atomic E-state index is 11.2. The summed E-state index contributed by atoms with van der Waals surface area (Å²) in [6.07, 6.45) is 11.4. The highest BCUT2D eigenvalue weighted by Gasteiger charge is 2.58. The van der Waals surface area contributed by atoms with Crippen molar-refractivity contribution in [1.29, 1.82) is 0 Å². The van der Waals surface area contributed by atoms with Crippen molar-refractivity contribution in [2.45, 2.75) is 51.0 Å². The van der Waals surface area contributed by atoms with E-state index < -0.39 is 5.60 Å². The fourth-order valence-electron chi connectivity index (χ4n) is 4.11. The molecule has 0 heterocycles. The third kappa shape index (κ3) is 3.53. The van der Waals surface area contributed by atoms with Gasteiger partial charge in [0.1, 0.15) is 6.61 Å². The maximum absolute atomic E-state index is 11.2. The molecule has 5 heteroatoms. The molecule has 0 aromatic rings. The van der Waals surface area contributed by atoms with Gasteiger partial charge in [0.25, 0.3) is 0 Å². The summed E-state index contributed by atoms with van der Waals surface area (Å²) in [5.41, 5.74) is 4.64. The lowest BCUT2D eigenvalue weighted by Gasteiger charge is -2.48. The Morgan fingerprint density at radius 1 is 1.36 bits per heavy atom. The number of hydrogen-bond acceptors (Lipinski definition) is 5. The Hall–Kier alpha value is -0.910. The molecule has 0 bridgehead atoms. The van der Waals surface area contributed by atoms with Crippen LogP contribution in [0.3, 0.4) is 0 Å². The zero-order chi connectivity index (χ0) is 16.1. The number of nitrogens with zero attached hydrogens (tertiary/aromatic N) is 1. The zero-order valence-corrected chi connectivity index (χ0v) is 13.6. The molecule has 0 spiro atoms. The molecule has 0 aliphatic heterocycles. The number of hydrogen-bond donors (Lipinski definition) is 3. The molecule has 0 radical (unpaired) electrons. The van der Waals surface area contributed by atoms with Crippen LogP contribution in [0.4, 0.5) is 0 Å². The Kier molecular flexibility index (Phi) is 6.01. The monoisotopic (exact) mass is 310 g/mol. The number of aliphatic hydroxyl groups is 2. The first-order valence-corrected chi connectivity index (χ1v) is 8.41. The van der Waals surface area contributed by atoms with Gasteiger partial charge in [-0.15, -0.1) is 0 Å². The fourth-order valence-corrected chi connectivity index (χ4v) is 4.11. The van der Waals surface area contributed by atoms with Gasteiger partial charge in [-0.05, 0) is 44.4 Å². The number of oxime groups is 1. The molecule has 0 aromatic carbocycles. The molecule has 2 saturated carbocycles. The molecule has 22 heavy (non-hydrogen) atoms. The van der Waals surface area contributed by atoms with Gasteiger partial charge in [0, 0.05) is 30.7 Å². The average molecular weight is 310 g/mol. The number of rotatable bonds is 7. The van der Waals surface area contributed by atoms with E-state index >= 15 is 0 Å². The highest BCUT2D eigenvalue weighted by Crippen LogP contribution is 2.58. The van der Waals surface area contributed by atoms with E-state index in [4.69, 9.17) is 15.7 Å². The smallest absolute Gasteiger partial charge is 0.129 e. The molecule has 0 amide bonds. The Balaban J connectivity index is 1.99. The van der Waals surface area contributed by atoms with Crippen molar-refractivity contribution >= 4 is 6.21 Å². The first kappa shape index (κ1) is 17.4. The summed E-state index contributed by atoms with van der Waals surface area (Å²) in [6, 6.07) is 0. The van der Waals surface area contributed by atoms with Crippen LogP contribution in [0.5, 0.6) is 0 Å². The van der Waals surface area contributed by atoms with E-state index in [1.807, 2.05) is 12.3 Å². The second kappa shape index (κ2) is 7.57. The molecular weight excluding hydrogens is 280 g/mol. The summed E-state index contributed by atoms with van der Waals surface area (Å²) in [6.45, 7) is 3.27. The fraction of sp³-hybridized carbons (Fsp3) is 0.824.